The van der Waals surface area contributed by atoms with Gasteiger partial charge in [-0.1, -0.05) is 17.7 Å². The van der Waals surface area contributed by atoms with Gasteiger partial charge in [-0.15, -0.1) is 0 Å². The minimum Gasteiger partial charge on any atom is -0.492 e. The molecule has 0 spiro atoms. The van der Waals surface area contributed by atoms with Gasteiger partial charge in [0, 0.05) is 18.8 Å². The smallest absolute Gasteiger partial charge is 0.253 e. The Bertz CT molecular complexity index is 873. The molecule has 6 heteroatoms. The Morgan fingerprint density at radius 1 is 1.15 bits per heavy atom. The highest BCUT2D eigenvalue weighted by molar-refractivity contribution is 9.10. The van der Waals surface area contributed by atoms with Crippen LogP contribution in [0, 0.1) is 6.92 Å². The molecule has 0 aliphatic heterocycles. The standard InChI is InChI=1S/C20H20BrN3O2/c1-15-3-9-19(10-4-15)26-12-11-23(2)20(25)16-5-7-18(8-6-16)24-14-17(21)13-22-24/h3-10,13-14H,11-12H2,1-2H3. The van der Waals surface area contributed by atoms with E-state index in [2.05, 4.69) is 21.0 Å². The fraction of sp³-hybridized carbons (Fsp3) is 0.200. The summed E-state index contributed by atoms with van der Waals surface area (Å²) in [5, 5.41) is 4.23. The van der Waals surface area contributed by atoms with Gasteiger partial charge in [0.1, 0.15) is 12.4 Å². The number of halogens is 1. The maximum atomic E-state index is 12.5. The van der Waals surface area contributed by atoms with Crippen molar-refractivity contribution < 1.29 is 9.53 Å². The molecule has 0 saturated heterocycles. The number of carbonyl (C=O) groups excluding carboxylic acids is 1. The second kappa shape index (κ2) is 8.19. The van der Waals surface area contributed by atoms with Crippen LogP contribution in [-0.2, 0) is 0 Å². The van der Waals surface area contributed by atoms with Crippen molar-refractivity contribution in [1.82, 2.24) is 14.7 Å². The van der Waals surface area contributed by atoms with Crippen LogP contribution >= 0.6 is 15.9 Å². The Balaban J connectivity index is 1.55. The minimum atomic E-state index is -0.0364. The van der Waals surface area contributed by atoms with Gasteiger partial charge in [0.25, 0.3) is 5.91 Å². The number of ether oxygens (including phenoxy) is 1. The van der Waals surface area contributed by atoms with Crippen LogP contribution in [0.3, 0.4) is 0 Å². The van der Waals surface area contributed by atoms with E-state index in [4.69, 9.17) is 4.74 Å². The van der Waals surface area contributed by atoms with E-state index in [9.17, 15) is 4.79 Å². The van der Waals surface area contributed by atoms with Crippen LogP contribution in [0.1, 0.15) is 15.9 Å². The predicted molar refractivity (Wildman–Crippen MR) is 105 cm³/mol. The second-order valence-corrected chi connectivity index (χ2v) is 6.95. The number of hydrogen-bond donors (Lipinski definition) is 0. The number of aromatic nitrogens is 2. The van der Waals surface area contributed by atoms with Crippen molar-refractivity contribution in [3.05, 3.63) is 76.5 Å². The first-order valence-corrected chi connectivity index (χ1v) is 9.08. The van der Waals surface area contributed by atoms with Gasteiger partial charge in [0.05, 0.1) is 22.9 Å². The third-order valence-electron chi connectivity index (χ3n) is 3.99. The van der Waals surface area contributed by atoms with Gasteiger partial charge in [0.2, 0.25) is 0 Å². The maximum Gasteiger partial charge on any atom is 0.253 e. The van der Waals surface area contributed by atoms with E-state index in [1.165, 1.54) is 5.56 Å². The first-order valence-electron chi connectivity index (χ1n) is 8.28. The Kier molecular flexibility index (Phi) is 5.73. The molecule has 1 aromatic heterocycles. The van der Waals surface area contributed by atoms with Crippen LogP contribution in [0.25, 0.3) is 5.69 Å². The molecule has 0 fully saturated rings. The quantitative estimate of drug-likeness (QED) is 0.611. The predicted octanol–water partition coefficient (Wildman–Crippen LogP) is 4.09. The average molecular weight is 414 g/mol. The van der Waals surface area contributed by atoms with Crippen molar-refractivity contribution in [2.75, 3.05) is 20.2 Å². The first-order chi connectivity index (χ1) is 12.5. The van der Waals surface area contributed by atoms with E-state index in [1.54, 1.807) is 22.8 Å². The molecular formula is C20H20BrN3O2. The van der Waals surface area contributed by atoms with Crippen LogP contribution in [0.5, 0.6) is 5.75 Å². The summed E-state index contributed by atoms with van der Waals surface area (Å²) in [5.41, 5.74) is 2.73. The Morgan fingerprint density at radius 3 is 2.46 bits per heavy atom. The topological polar surface area (TPSA) is 47.4 Å². The molecule has 0 aliphatic rings. The number of hydrogen-bond acceptors (Lipinski definition) is 3. The van der Waals surface area contributed by atoms with E-state index >= 15 is 0 Å². The fourth-order valence-electron chi connectivity index (χ4n) is 2.46. The van der Waals surface area contributed by atoms with Crippen LogP contribution < -0.4 is 4.74 Å². The Morgan fingerprint density at radius 2 is 1.85 bits per heavy atom. The number of aryl methyl sites for hydroxylation is 1. The van der Waals surface area contributed by atoms with Crippen molar-refractivity contribution in [2.45, 2.75) is 6.92 Å². The van der Waals surface area contributed by atoms with Crippen molar-refractivity contribution in [3.63, 3.8) is 0 Å². The zero-order valence-corrected chi connectivity index (χ0v) is 16.3. The Hall–Kier alpha value is -2.60. The normalized spacial score (nSPS) is 10.6. The lowest BCUT2D eigenvalue weighted by molar-refractivity contribution is 0.0774. The molecule has 0 N–H and O–H groups in total. The van der Waals surface area contributed by atoms with E-state index in [0.29, 0.717) is 18.7 Å². The molecule has 26 heavy (non-hydrogen) atoms. The molecule has 3 rings (SSSR count). The minimum absolute atomic E-state index is 0.0364. The van der Waals surface area contributed by atoms with Crippen LogP contribution in [-0.4, -0.2) is 40.8 Å². The number of nitrogens with zero attached hydrogens (tertiary/aromatic N) is 3. The summed E-state index contributed by atoms with van der Waals surface area (Å²) in [6.07, 6.45) is 3.59. The second-order valence-electron chi connectivity index (χ2n) is 6.04. The SMILES string of the molecule is Cc1ccc(OCCN(C)C(=O)c2ccc(-n3cc(Br)cn3)cc2)cc1. The van der Waals surface area contributed by atoms with Crippen molar-refractivity contribution in [3.8, 4) is 11.4 Å². The molecule has 1 amide bonds. The summed E-state index contributed by atoms with van der Waals surface area (Å²) in [6.45, 7) is 3.00. The zero-order valence-electron chi connectivity index (χ0n) is 14.7. The molecule has 5 nitrogen and oxygen atoms in total. The van der Waals surface area contributed by atoms with Gasteiger partial charge >= 0.3 is 0 Å². The summed E-state index contributed by atoms with van der Waals surface area (Å²) >= 11 is 3.37. The summed E-state index contributed by atoms with van der Waals surface area (Å²) in [5.74, 6) is 0.775. The van der Waals surface area contributed by atoms with Gasteiger partial charge in [-0.2, -0.15) is 5.10 Å². The lowest BCUT2D eigenvalue weighted by Gasteiger charge is -2.18. The lowest BCUT2D eigenvalue weighted by Crippen LogP contribution is -2.30. The summed E-state index contributed by atoms with van der Waals surface area (Å²) in [6, 6.07) is 15.3. The number of likely N-dealkylation sites (N-methyl/N-ethyl adjacent to an activating group) is 1. The molecule has 134 valence electrons. The highest BCUT2D eigenvalue weighted by atomic mass is 79.9. The number of carbonyl (C=O) groups is 1. The highest BCUT2D eigenvalue weighted by Crippen LogP contribution is 2.14. The number of rotatable bonds is 6. The average Bonchev–Trinajstić information content (AvgIpc) is 3.09. The highest BCUT2D eigenvalue weighted by Gasteiger charge is 2.12. The van der Waals surface area contributed by atoms with Crippen molar-refractivity contribution in [2.24, 2.45) is 0 Å². The van der Waals surface area contributed by atoms with E-state index in [1.807, 2.05) is 61.7 Å². The van der Waals surface area contributed by atoms with Crippen LogP contribution in [0.15, 0.2) is 65.4 Å². The number of amides is 1. The van der Waals surface area contributed by atoms with E-state index in [-0.39, 0.29) is 5.91 Å². The fourth-order valence-corrected chi connectivity index (χ4v) is 2.74. The number of benzene rings is 2. The Labute approximate surface area is 161 Å². The summed E-state index contributed by atoms with van der Waals surface area (Å²) in [7, 11) is 1.78. The van der Waals surface area contributed by atoms with Gasteiger partial charge < -0.3 is 9.64 Å². The third-order valence-corrected chi connectivity index (χ3v) is 4.40. The van der Waals surface area contributed by atoms with Crippen LogP contribution in [0.4, 0.5) is 0 Å². The molecule has 0 saturated carbocycles. The molecule has 0 atom stereocenters. The van der Waals surface area contributed by atoms with Crippen LogP contribution in [0.2, 0.25) is 0 Å². The summed E-state index contributed by atoms with van der Waals surface area (Å²) < 4.78 is 8.34. The molecule has 0 aliphatic carbocycles. The van der Waals surface area contributed by atoms with Gasteiger partial charge in [-0.3, -0.25) is 4.79 Å². The zero-order chi connectivity index (χ0) is 18.5. The van der Waals surface area contributed by atoms with Crippen molar-refractivity contribution in [1.29, 1.82) is 0 Å². The lowest BCUT2D eigenvalue weighted by atomic mass is 10.2. The summed E-state index contributed by atoms with van der Waals surface area (Å²) in [4.78, 5) is 14.2. The molecule has 0 radical (unpaired) electrons. The molecular weight excluding hydrogens is 394 g/mol. The van der Waals surface area contributed by atoms with Gasteiger partial charge in [-0.05, 0) is 59.3 Å². The monoisotopic (exact) mass is 413 g/mol. The largest absolute Gasteiger partial charge is 0.492 e. The molecule has 0 unspecified atom stereocenters. The first kappa shape index (κ1) is 18.2. The molecule has 3 aromatic rings. The third kappa shape index (κ3) is 4.52. The van der Waals surface area contributed by atoms with E-state index < -0.39 is 0 Å². The van der Waals surface area contributed by atoms with Gasteiger partial charge in [-0.25, -0.2) is 4.68 Å². The molecule has 2 aromatic carbocycles. The molecule has 1 heterocycles. The maximum absolute atomic E-state index is 12.5. The van der Waals surface area contributed by atoms with Gasteiger partial charge in [0.15, 0.2) is 0 Å². The molecule has 0 bridgehead atoms. The van der Waals surface area contributed by atoms with Crippen molar-refractivity contribution >= 4 is 21.8 Å². The van der Waals surface area contributed by atoms with E-state index in [0.717, 1.165) is 15.9 Å².